The van der Waals surface area contributed by atoms with E-state index in [-0.39, 0.29) is 28.5 Å². The summed E-state index contributed by atoms with van der Waals surface area (Å²) in [6, 6.07) is 16.6. The van der Waals surface area contributed by atoms with Crippen molar-refractivity contribution in [2.45, 2.75) is 5.16 Å². The average Bonchev–Trinajstić information content (AvgIpc) is 3.03. The third kappa shape index (κ3) is 4.67. The molecule has 0 saturated carbocycles. The largest absolute Gasteiger partial charge is 0.293 e. The number of thioether (sulfide) groups is 1. The van der Waals surface area contributed by atoms with E-state index in [4.69, 9.17) is 11.6 Å². The number of Topliss-reactive ketones (excluding diaryl/α,β-unsaturated/α-hetero) is 1. The van der Waals surface area contributed by atoms with Gasteiger partial charge in [-0.2, -0.15) is 0 Å². The molecule has 0 aliphatic heterocycles. The molecule has 0 spiro atoms. The van der Waals surface area contributed by atoms with Gasteiger partial charge in [0.25, 0.3) is 0 Å². The molecule has 0 saturated heterocycles. The molecule has 0 fully saturated rings. The van der Waals surface area contributed by atoms with Crippen LogP contribution in [0.1, 0.15) is 10.4 Å². The Morgan fingerprint density at radius 2 is 1.78 bits per heavy atom. The number of rotatable bonds is 5. The molecule has 0 atom stereocenters. The van der Waals surface area contributed by atoms with Gasteiger partial charge in [-0.3, -0.25) is 9.89 Å². The number of nitrogens with zero attached hydrogens (tertiary/aromatic N) is 2. The van der Waals surface area contributed by atoms with Crippen LogP contribution in [-0.2, 0) is 0 Å². The number of hydrogen-bond acceptors (Lipinski definition) is 4. The molecule has 3 aromatic rings. The number of carbonyl (C=O) groups is 1. The Balaban J connectivity index is 0.00000192. The van der Waals surface area contributed by atoms with Gasteiger partial charge >= 0.3 is 0 Å². The predicted molar refractivity (Wildman–Crippen MR) is 98.6 cm³/mol. The van der Waals surface area contributed by atoms with Gasteiger partial charge in [0, 0.05) is 16.1 Å². The maximum atomic E-state index is 12.1. The monoisotopic (exact) mass is 409 g/mol. The van der Waals surface area contributed by atoms with Crippen molar-refractivity contribution in [3.05, 3.63) is 65.2 Å². The third-order valence-electron chi connectivity index (χ3n) is 3.01. The van der Waals surface area contributed by atoms with Crippen LogP contribution < -0.4 is 0 Å². The Morgan fingerprint density at radius 1 is 1.09 bits per heavy atom. The Labute approximate surface area is 153 Å². The van der Waals surface area contributed by atoms with E-state index in [1.807, 2.05) is 30.3 Å². The first-order chi connectivity index (χ1) is 10.7. The molecule has 0 amide bonds. The summed E-state index contributed by atoms with van der Waals surface area (Å²) in [6.07, 6.45) is 0. The van der Waals surface area contributed by atoms with Crippen LogP contribution >= 0.6 is 40.3 Å². The summed E-state index contributed by atoms with van der Waals surface area (Å²) >= 11 is 7.12. The van der Waals surface area contributed by atoms with Crippen molar-refractivity contribution < 1.29 is 4.79 Å². The minimum Gasteiger partial charge on any atom is -0.293 e. The lowest BCUT2D eigenvalue weighted by atomic mass is 10.1. The highest BCUT2D eigenvalue weighted by Crippen LogP contribution is 2.20. The first-order valence-corrected chi connectivity index (χ1v) is 7.98. The lowest BCUT2D eigenvalue weighted by Crippen LogP contribution is -2.02. The van der Waals surface area contributed by atoms with Crippen molar-refractivity contribution in [3.8, 4) is 11.4 Å². The Bertz CT molecular complexity index is 778. The molecule has 23 heavy (non-hydrogen) atoms. The van der Waals surface area contributed by atoms with E-state index < -0.39 is 0 Å². The fourth-order valence-corrected chi connectivity index (χ4v) is 2.70. The van der Waals surface area contributed by atoms with Crippen molar-refractivity contribution in [3.63, 3.8) is 0 Å². The predicted octanol–water partition coefficient (Wildman–Crippen LogP) is 4.68. The number of hydrogen-bond donors (Lipinski definition) is 1. The van der Waals surface area contributed by atoms with Gasteiger partial charge in [-0.15, -0.1) is 22.1 Å². The van der Waals surface area contributed by atoms with E-state index in [2.05, 4.69) is 15.2 Å². The third-order valence-corrected chi connectivity index (χ3v) is 4.11. The van der Waals surface area contributed by atoms with Crippen LogP contribution in [0.15, 0.2) is 59.8 Å². The summed E-state index contributed by atoms with van der Waals surface area (Å²) < 4.78 is 0. The first-order valence-electron chi connectivity index (χ1n) is 6.62. The fraction of sp³-hybridized carbons (Fsp3) is 0.0625. The molecule has 0 aliphatic rings. The quantitative estimate of drug-likeness (QED) is 0.490. The minimum atomic E-state index is 0. The molecule has 1 N–H and O–H groups in total. The molecule has 2 aromatic carbocycles. The van der Waals surface area contributed by atoms with E-state index in [1.54, 1.807) is 24.3 Å². The lowest BCUT2D eigenvalue weighted by molar-refractivity contribution is 0.102. The molecule has 0 radical (unpaired) electrons. The molecule has 0 bridgehead atoms. The van der Waals surface area contributed by atoms with E-state index in [9.17, 15) is 4.79 Å². The normalized spacial score (nSPS) is 10.1. The van der Waals surface area contributed by atoms with Gasteiger partial charge < -0.3 is 0 Å². The molecule has 7 heteroatoms. The van der Waals surface area contributed by atoms with Gasteiger partial charge in [-0.05, 0) is 24.3 Å². The number of benzene rings is 2. The van der Waals surface area contributed by atoms with Crippen LogP contribution in [0, 0.1) is 0 Å². The zero-order valence-electron chi connectivity index (χ0n) is 11.9. The molecule has 1 heterocycles. The summed E-state index contributed by atoms with van der Waals surface area (Å²) in [5.74, 6) is 1.00. The molecular formula is C16H13BrClN3OS. The van der Waals surface area contributed by atoms with Gasteiger partial charge in [0.15, 0.2) is 11.6 Å². The van der Waals surface area contributed by atoms with E-state index in [0.717, 1.165) is 5.56 Å². The molecular weight excluding hydrogens is 398 g/mol. The number of nitrogens with one attached hydrogen (secondary N) is 1. The molecule has 3 rings (SSSR count). The Hall–Kier alpha value is -1.63. The van der Waals surface area contributed by atoms with Gasteiger partial charge in [0.05, 0.1) is 5.75 Å². The highest BCUT2D eigenvalue weighted by molar-refractivity contribution is 8.93. The average molecular weight is 411 g/mol. The maximum absolute atomic E-state index is 12.1. The molecule has 118 valence electrons. The molecule has 0 aliphatic carbocycles. The van der Waals surface area contributed by atoms with Crippen molar-refractivity contribution in [2.24, 2.45) is 0 Å². The summed E-state index contributed by atoms with van der Waals surface area (Å²) in [5.41, 5.74) is 1.60. The summed E-state index contributed by atoms with van der Waals surface area (Å²) in [6.45, 7) is 0. The number of aromatic amines is 1. The first kappa shape index (κ1) is 17.7. The van der Waals surface area contributed by atoms with Gasteiger partial charge in [-0.1, -0.05) is 53.7 Å². The second-order valence-corrected chi connectivity index (χ2v) is 5.93. The second kappa shape index (κ2) is 8.29. The van der Waals surface area contributed by atoms with E-state index >= 15 is 0 Å². The van der Waals surface area contributed by atoms with Crippen LogP contribution in [0.5, 0.6) is 0 Å². The van der Waals surface area contributed by atoms with Crippen molar-refractivity contribution in [2.75, 3.05) is 5.75 Å². The minimum absolute atomic E-state index is 0. The molecule has 1 aromatic heterocycles. The fourth-order valence-electron chi connectivity index (χ4n) is 1.89. The van der Waals surface area contributed by atoms with E-state index in [1.165, 1.54) is 11.8 Å². The highest BCUT2D eigenvalue weighted by atomic mass is 79.9. The second-order valence-electron chi connectivity index (χ2n) is 4.55. The van der Waals surface area contributed by atoms with Crippen LogP contribution in [0.25, 0.3) is 11.4 Å². The van der Waals surface area contributed by atoms with Crippen LogP contribution in [0.3, 0.4) is 0 Å². The molecule has 0 unspecified atom stereocenters. The zero-order chi connectivity index (χ0) is 15.4. The van der Waals surface area contributed by atoms with Crippen LogP contribution in [-0.4, -0.2) is 26.7 Å². The number of ketones is 1. The molecule has 4 nitrogen and oxygen atoms in total. The van der Waals surface area contributed by atoms with Gasteiger partial charge in [0.1, 0.15) is 0 Å². The van der Waals surface area contributed by atoms with Gasteiger partial charge in [0.2, 0.25) is 5.16 Å². The summed E-state index contributed by atoms with van der Waals surface area (Å²) in [4.78, 5) is 16.5. The maximum Gasteiger partial charge on any atom is 0.209 e. The van der Waals surface area contributed by atoms with Crippen molar-refractivity contribution in [1.82, 2.24) is 15.2 Å². The SMILES string of the molecule is Br.O=C(CSc1n[nH]c(-c2ccccc2)n1)c1ccc(Cl)cc1. The summed E-state index contributed by atoms with van der Waals surface area (Å²) in [5, 5.41) is 8.18. The Kier molecular flexibility index (Phi) is 6.38. The smallest absolute Gasteiger partial charge is 0.209 e. The number of aromatic nitrogens is 3. The van der Waals surface area contributed by atoms with Crippen LogP contribution in [0.4, 0.5) is 0 Å². The van der Waals surface area contributed by atoms with E-state index in [0.29, 0.717) is 21.6 Å². The topological polar surface area (TPSA) is 58.6 Å². The zero-order valence-corrected chi connectivity index (χ0v) is 15.2. The van der Waals surface area contributed by atoms with Gasteiger partial charge in [-0.25, -0.2) is 4.98 Å². The van der Waals surface area contributed by atoms with Crippen molar-refractivity contribution >= 4 is 46.1 Å². The highest BCUT2D eigenvalue weighted by Gasteiger charge is 2.10. The van der Waals surface area contributed by atoms with Crippen molar-refractivity contribution in [1.29, 1.82) is 0 Å². The standard InChI is InChI=1S/C16H12ClN3OS.BrH/c17-13-8-6-11(7-9-13)14(21)10-22-16-18-15(19-20-16)12-4-2-1-3-5-12;/h1-9H,10H2,(H,18,19,20);1H. The van der Waals surface area contributed by atoms with Crippen LogP contribution in [0.2, 0.25) is 5.02 Å². The number of halogens is 2. The lowest BCUT2D eigenvalue weighted by Gasteiger charge is -1.99. The number of carbonyl (C=O) groups excluding carboxylic acids is 1. The number of H-pyrrole nitrogens is 1. The Morgan fingerprint density at radius 3 is 2.48 bits per heavy atom. The summed E-state index contributed by atoms with van der Waals surface area (Å²) in [7, 11) is 0.